The quantitative estimate of drug-likeness (QED) is 0.137. The molecule has 7 nitrogen and oxygen atoms in total. The second-order valence-electron chi connectivity index (χ2n) is 8.20. The third-order valence-electron chi connectivity index (χ3n) is 5.29. The predicted octanol–water partition coefficient (Wildman–Crippen LogP) is 7.18. The van der Waals surface area contributed by atoms with Gasteiger partial charge in [0.1, 0.15) is 11.5 Å². The molecule has 0 atom stereocenters. The van der Waals surface area contributed by atoms with Gasteiger partial charge in [0.05, 0.1) is 20.8 Å². The molecule has 0 aliphatic heterocycles. The van der Waals surface area contributed by atoms with Crippen LogP contribution in [0.25, 0.3) is 6.08 Å². The molecule has 0 fully saturated rings. The molecule has 11 heteroatoms. The molecule has 3 amide bonds. The number of anilines is 2. The fourth-order valence-corrected chi connectivity index (χ4v) is 4.51. The summed E-state index contributed by atoms with van der Waals surface area (Å²) in [5, 5.41) is 9.19. The number of nitrogens with zero attached hydrogens (tertiary/aromatic N) is 1. The predicted molar refractivity (Wildman–Crippen MR) is 162 cm³/mol. The monoisotopic (exact) mass is 610 g/mol. The molecule has 3 aromatic carbocycles. The maximum Gasteiger partial charge on any atom is 0.272 e. The standard InChI is InChI=1S/C29H21Cl3N4O3S/c30-20-9-14-25(33-16-20)36-26(37)17-40-22-12-10-21(11-13-22)34-29(39)24(15-19-7-4-8-23(31)27(19)32)35-28(38)18-5-2-1-3-6-18/h1-16H,17H2,(H,34,39)(H,35,38)(H,33,36,37)/b24-15-. The van der Waals surface area contributed by atoms with Gasteiger partial charge in [-0.15, -0.1) is 11.8 Å². The Morgan fingerprint density at radius 1 is 0.825 bits per heavy atom. The summed E-state index contributed by atoms with van der Waals surface area (Å²) in [5.74, 6) is -0.667. The van der Waals surface area contributed by atoms with Gasteiger partial charge in [0.25, 0.3) is 11.8 Å². The van der Waals surface area contributed by atoms with Crippen LogP contribution in [0.5, 0.6) is 0 Å². The lowest BCUT2D eigenvalue weighted by molar-refractivity contribution is -0.114. The first-order valence-electron chi connectivity index (χ1n) is 11.8. The highest BCUT2D eigenvalue weighted by molar-refractivity contribution is 8.00. The van der Waals surface area contributed by atoms with Crippen LogP contribution in [0, 0.1) is 0 Å². The van der Waals surface area contributed by atoms with Gasteiger partial charge in [0.15, 0.2) is 0 Å². The van der Waals surface area contributed by atoms with E-state index in [1.54, 1.807) is 84.9 Å². The average molecular weight is 612 g/mol. The van der Waals surface area contributed by atoms with Crippen LogP contribution in [0.3, 0.4) is 0 Å². The zero-order chi connectivity index (χ0) is 28.5. The molecule has 1 heterocycles. The number of amides is 3. The SMILES string of the molecule is O=C(CSc1ccc(NC(=O)/C(=C/c2cccc(Cl)c2Cl)NC(=O)c2ccccc2)cc1)Nc1ccc(Cl)cn1. The van der Waals surface area contributed by atoms with Crippen LogP contribution in [0.2, 0.25) is 15.1 Å². The summed E-state index contributed by atoms with van der Waals surface area (Å²) in [7, 11) is 0. The van der Waals surface area contributed by atoms with E-state index in [0.29, 0.717) is 32.7 Å². The molecule has 0 saturated heterocycles. The van der Waals surface area contributed by atoms with E-state index in [1.807, 2.05) is 0 Å². The lowest BCUT2D eigenvalue weighted by atomic mass is 10.1. The van der Waals surface area contributed by atoms with Crippen molar-refractivity contribution in [2.75, 3.05) is 16.4 Å². The number of aromatic nitrogens is 1. The van der Waals surface area contributed by atoms with Gasteiger partial charge in [-0.3, -0.25) is 14.4 Å². The molecule has 40 heavy (non-hydrogen) atoms. The molecule has 4 aromatic rings. The third-order valence-corrected chi connectivity index (χ3v) is 7.36. The van der Waals surface area contributed by atoms with Crippen LogP contribution in [0.1, 0.15) is 15.9 Å². The number of hydrogen-bond acceptors (Lipinski definition) is 5. The van der Waals surface area contributed by atoms with Gasteiger partial charge in [0, 0.05) is 22.3 Å². The smallest absolute Gasteiger partial charge is 0.272 e. The van der Waals surface area contributed by atoms with Crippen molar-refractivity contribution in [2.45, 2.75) is 4.90 Å². The van der Waals surface area contributed by atoms with Crippen LogP contribution in [-0.2, 0) is 9.59 Å². The molecule has 1 aromatic heterocycles. The van der Waals surface area contributed by atoms with Crippen molar-refractivity contribution >= 4 is 81.9 Å². The Hall–Kier alpha value is -3.82. The summed E-state index contributed by atoms with van der Waals surface area (Å²) in [4.78, 5) is 43.1. The lowest BCUT2D eigenvalue weighted by Crippen LogP contribution is -2.30. The topological polar surface area (TPSA) is 100 Å². The molecule has 4 rings (SSSR count). The van der Waals surface area contributed by atoms with Crippen molar-refractivity contribution in [1.29, 1.82) is 0 Å². The third kappa shape index (κ3) is 8.34. The van der Waals surface area contributed by atoms with Crippen LogP contribution >= 0.6 is 46.6 Å². The Kier molecular flexibility index (Phi) is 10.2. The van der Waals surface area contributed by atoms with Crippen LogP contribution < -0.4 is 16.0 Å². The van der Waals surface area contributed by atoms with Gasteiger partial charge in [-0.05, 0) is 66.2 Å². The Morgan fingerprint density at radius 2 is 1.57 bits per heavy atom. The van der Waals surface area contributed by atoms with E-state index in [1.165, 1.54) is 24.0 Å². The van der Waals surface area contributed by atoms with E-state index < -0.39 is 11.8 Å². The summed E-state index contributed by atoms with van der Waals surface area (Å²) in [5.41, 5.74) is 1.31. The molecule has 0 aliphatic carbocycles. The van der Waals surface area contributed by atoms with Crippen molar-refractivity contribution in [3.05, 3.63) is 123 Å². The number of carbonyl (C=O) groups excluding carboxylic acids is 3. The van der Waals surface area contributed by atoms with Crippen LogP contribution in [0.4, 0.5) is 11.5 Å². The van der Waals surface area contributed by atoms with Crippen molar-refractivity contribution < 1.29 is 14.4 Å². The summed E-state index contributed by atoms with van der Waals surface area (Å²) in [6.45, 7) is 0. The summed E-state index contributed by atoms with van der Waals surface area (Å²) in [6.07, 6.45) is 2.91. The lowest BCUT2D eigenvalue weighted by Gasteiger charge is -2.12. The minimum Gasteiger partial charge on any atom is -0.321 e. The van der Waals surface area contributed by atoms with E-state index >= 15 is 0 Å². The zero-order valence-corrected chi connectivity index (χ0v) is 23.7. The number of hydrogen-bond donors (Lipinski definition) is 3. The van der Waals surface area contributed by atoms with E-state index in [9.17, 15) is 14.4 Å². The fourth-order valence-electron chi connectivity index (χ4n) is 3.34. The summed E-state index contributed by atoms with van der Waals surface area (Å²) >= 11 is 19.6. The molecule has 0 bridgehead atoms. The molecule has 0 radical (unpaired) electrons. The summed E-state index contributed by atoms with van der Waals surface area (Å²) < 4.78 is 0. The second kappa shape index (κ2) is 14.0. The van der Waals surface area contributed by atoms with Crippen molar-refractivity contribution in [3.63, 3.8) is 0 Å². The zero-order valence-electron chi connectivity index (χ0n) is 20.7. The molecule has 0 aliphatic rings. The largest absolute Gasteiger partial charge is 0.321 e. The maximum absolute atomic E-state index is 13.2. The van der Waals surface area contributed by atoms with Crippen molar-refractivity contribution in [3.8, 4) is 0 Å². The van der Waals surface area contributed by atoms with Gasteiger partial charge in [-0.25, -0.2) is 4.98 Å². The van der Waals surface area contributed by atoms with Crippen molar-refractivity contribution in [1.82, 2.24) is 10.3 Å². The Morgan fingerprint density at radius 3 is 2.27 bits per heavy atom. The van der Waals surface area contributed by atoms with Crippen molar-refractivity contribution in [2.24, 2.45) is 0 Å². The van der Waals surface area contributed by atoms with E-state index in [0.717, 1.165) is 4.90 Å². The Bertz CT molecular complexity index is 1550. The summed E-state index contributed by atoms with van der Waals surface area (Å²) in [6, 6.07) is 23.7. The molecule has 3 N–H and O–H groups in total. The van der Waals surface area contributed by atoms with Gasteiger partial charge >= 0.3 is 0 Å². The van der Waals surface area contributed by atoms with Gasteiger partial charge < -0.3 is 16.0 Å². The van der Waals surface area contributed by atoms with Crippen LogP contribution in [-0.4, -0.2) is 28.5 Å². The number of thioether (sulfide) groups is 1. The highest BCUT2D eigenvalue weighted by Gasteiger charge is 2.16. The van der Waals surface area contributed by atoms with Gasteiger partial charge in [0.2, 0.25) is 5.91 Å². The number of carbonyl (C=O) groups is 3. The minimum atomic E-state index is -0.560. The highest BCUT2D eigenvalue weighted by Crippen LogP contribution is 2.27. The number of halogens is 3. The molecule has 0 spiro atoms. The minimum absolute atomic E-state index is 0.0241. The van der Waals surface area contributed by atoms with Gasteiger partial charge in [-0.2, -0.15) is 0 Å². The molecular formula is C29H21Cl3N4O3S. The first-order valence-corrected chi connectivity index (χ1v) is 13.9. The first-order chi connectivity index (χ1) is 19.3. The highest BCUT2D eigenvalue weighted by atomic mass is 35.5. The number of pyridine rings is 1. The molecule has 0 unspecified atom stereocenters. The molecular weight excluding hydrogens is 591 g/mol. The normalized spacial score (nSPS) is 11.0. The maximum atomic E-state index is 13.2. The molecule has 0 saturated carbocycles. The van der Waals surface area contributed by atoms with E-state index in [2.05, 4.69) is 20.9 Å². The van der Waals surface area contributed by atoms with Gasteiger partial charge in [-0.1, -0.05) is 65.1 Å². The number of benzene rings is 3. The number of rotatable bonds is 9. The Balaban J connectivity index is 1.43. The fraction of sp³-hybridized carbons (Fsp3) is 0.0345. The second-order valence-corrected chi connectivity index (χ2v) is 10.5. The van der Waals surface area contributed by atoms with E-state index in [-0.39, 0.29) is 22.4 Å². The average Bonchev–Trinajstić information content (AvgIpc) is 2.96. The Labute approximate surface area is 249 Å². The first kappa shape index (κ1) is 29.2. The number of nitrogens with one attached hydrogen (secondary N) is 3. The molecule has 202 valence electrons. The van der Waals surface area contributed by atoms with Crippen LogP contribution in [0.15, 0.2) is 102 Å². The van der Waals surface area contributed by atoms with E-state index in [4.69, 9.17) is 34.8 Å².